The van der Waals surface area contributed by atoms with Crippen LogP contribution in [0.5, 0.6) is 0 Å². The Kier molecular flexibility index (Phi) is 14.3. The summed E-state index contributed by atoms with van der Waals surface area (Å²) in [6.45, 7) is 18.5. The van der Waals surface area contributed by atoms with Crippen molar-refractivity contribution in [2.45, 2.75) is 71.9 Å². The van der Waals surface area contributed by atoms with Crippen molar-refractivity contribution in [1.29, 1.82) is 0 Å². The van der Waals surface area contributed by atoms with Crippen molar-refractivity contribution in [3.05, 3.63) is 126 Å². The van der Waals surface area contributed by atoms with E-state index in [9.17, 15) is 0 Å². The summed E-state index contributed by atoms with van der Waals surface area (Å²) in [6, 6.07) is 33.7. The van der Waals surface area contributed by atoms with Crippen molar-refractivity contribution in [1.82, 2.24) is 0 Å². The summed E-state index contributed by atoms with van der Waals surface area (Å²) < 4.78 is 0. The predicted molar refractivity (Wildman–Crippen MR) is 184 cm³/mol. The van der Waals surface area contributed by atoms with E-state index in [-0.39, 0.29) is 41.1 Å². The zero-order valence-electron chi connectivity index (χ0n) is 27.4. The second kappa shape index (κ2) is 16.5. The molecule has 0 saturated heterocycles. The molecule has 4 heteroatoms. The molecule has 1 aliphatic carbocycles. The number of hydrogen-bond donors (Lipinski definition) is 0. The molecule has 0 radical (unpaired) electrons. The molecule has 0 atom stereocenters. The largest absolute Gasteiger partial charge is 1.00 e. The first-order valence-corrected chi connectivity index (χ1v) is 21.1. The molecule has 0 unspecified atom stereocenters. The molecule has 44 heavy (non-hydrogen) atoms. The molecule has 0 bridgehead atoms. The van der Waals surface area contributed by atoms with Gasteiger partial charge in [-0.25, -0.2) is 12.2 Å². The Morgan fingerprint density at radius 1 is 0.659 bits per heavy atom. The Morgan fingerprint density at radius 3 is 1.32 bits per heavy atom. The van der Waals surface area contributed by atoms with E-state index in [0.29, 0.717) is 0 Å². The van der Waals surface area contributed by atoms with Crippen molar-refractivity contribution >= 4 is 27.0 Å². The summed E-state index contributed by atoms with van der Waals surface area (Å²) in [5, 5.41) is 5.36. The molecule has 0 aliphatic heterocycles. The molecule has 0 spiro atoms. The fraction of sp³-hybridized carbons (Fsp3) is 0.275. The van der Waals surface area contributed by atoms with Crippen molar-refractivity contribution in [2.24, 2.45) is 0 Å². The third-order valence-corrected chi connectivity index (χ3v) is 7.35. The van der Waals surface area contributed by atoms with Gasteiger partial charge in [-0.3, -0.25) is 6.08 Å². The van der Waals surface area contributed by atoms with Gasteiger partial charge in [-0.2, -0.15) is 6.08 Å². The molecule has 0 heterocycles. The minimum absolute atomic E-state index is 0. The summed E-state index contributed by atoms with van der Waals surface area (Å²) in [5.41, 5.74) is 8.37. The zero-order valence-corrected chi connectivity index (χ0v) is 32.3. The summed E-state index contributed by atoms with van der Waals surface area (Å²) in [6.07, 6.45) is 10.0. The summed E-state index contributed by atoms with van der Waals surface area (Å²) in [5.74, 6) is 0. The van der Waals surface area contributed by atoms with Crippen LogP contribution in [0.1, 0.15) is 59.1 Å². The van der Waals surface area contributed by atoms with E-state index >= 15 is 0 Å². The van der Waals surface area contributed by atoms with Crippen LogP contribution in [0.2, 0.25) is 13.1 Å². The van der Waals surface area contributed by atoms with E-state index in [1.807, 2.05) is 12.2 Å². The predicted octanol–water partition coefficient (Wildman–Crippen LogP) is 5.74. The number of allylic oxidation sites excluding steroid dienone is 4. The van der Waals surface area contributed by atoms with Gasteiger partial charge < -0.3 is 24.8 Å². The molecule has 228 valence electrons. The third kappa shape index (κ3) is 9.70. The van der Waals surface area contributed by atoms with Gasteiger partial charge in [-0.15, -0.1) is 46.2 Å². The number of halogens is 2. The van der Waals surface area contributed by atoms with E-state index in [1.54, 1.807) is 23.3 Å². The SMILES string of the molecule is CC(C)(C)c1cc2c(cc1-c1ccccc1)[cH-]c1cc(-c3ccccc3)c(C(C)(C)C)cc12.C[Si](C)=[Zr+2].[C-]1=CC=CC1.[Cl-].[Cl-]. The van der Waals surface area contributed by atoms with Gasteiger partial charge in [-0.05, 0) is 44.2 Å². The average molecular weight is 715 g/mol. The molecule has 0 nitrogen and oxygen atoms in total. The third-order valence-electron chi connectivity index (χ3n) is 7.35. The zero-order chi connectivity index (χ0) is 30.5. The van der Waals surface area contributed by atoms with Crippen LogP contribution in [0.3, 0.4) is 0 Å². The van der Waals surface area contributed by atoms with Crippen LogP contribution in [-0.4, -0.2) is 5.43 Å². The van der Waals surface area contributed by atoms with Gasteiger partial charge in [0, 0.05) is 0 Å². The monoisotopic (exact) mass is 712 g/mol. The van der Waals surface area contributed by atoms with Crippen molar-refractivity contribution in [3.63, 3.8) is 0 Å². The first-order chi connectivity index (χ1) is 19.9. The summed E-state index contributed by atoms with van der Waals surface area (Å²) in [4.78, 5) is 0. The van der Waals surface area contributed by atoms with Gasteiger partial charge in [0.1, 0.15) is 0 Å². The van der Waals surface area contributed by atoms with Gasteiger partial charge in [0.05, 0.1) is 0 Å². The Balaban J connectivity index is 0.000000535. The number of rotatable bonds is 2. The Labute approximate surface area is 293 Å². The molecular weight excluding hydrogens is 671 g/mol. The molecular formula is C40H44Cl2SiZr-2. The van der Waals surface area contributed by atoms with E-state index in [4.69, 9.17) is 0 Å². The van der Waals surface area contributed by atoms with Crippen molar-refractivity contribution < 1.29 is 48.1 Å². The van der Waals surface area contributed by atoms with Gasteiger partial charge in [0.15, 0.2) is 0 Å². The topological polar surface area (TPSA) is 0 Å². The number of hydrogen-bond acceptors (Lipinski definition) is 0. The fourth-order valence-electron chi connectivity index (χ4n) is 5.40. The van der Waals surface area contributed by atoms with Crippen LogP contribution in [0.25, 0.3) is 43.8 Å². The molecule has 0 aromatic heterocycles. The summed E-state index contributed by atoms with van der Waals surface area (Å²) in [7, 11) is 0. The number of fused-ring (bicyclic) bond motifs is 3. The standard InChI is InChI=1S/C33H33.C5H5.C2H6Si.2ClH.Zr/c1-32(2,3)30-20-26-24(18-28(30)22-13-9-7-10-14-22)17-25-19-29(23-15-11-8-12-16-23)31(21-27(25)26)33(4,5)6;1-2-4-5-3-1;1-3-2;;;/h7-21H,1-6H3;1-3H,4H2;1-2H3;2*1H;/q2*-1;;;;+2/p-2. The quantitative estimate of drug-likeness (QED) is 0.162. The maximum atomic E-state index is 2.99. The van der Waals surface area contributed by atoms with Gasteiger partial charge in [-0.1, -0.05) is 114 Å². The van der Waals surface area contributed by atoms with Crippen LogP contribution in [0.4, 0.5) is 0 Å². The van der Waals surface area contributed by atoms with Gasteiger partial charge in [0.25, 0.3) is 0 Å². The van der Waals surface area contributed by atoms with Crippen LogP contribution in [-0.2, 0) is 34.2 Å². The normalized spacial score (nSPS) is 12.0. The van der Waals surface area contributed by atoms with E-state index < -0.39 is 0 Å². The molecule has 0 amide bonds. The first kappa shape index (κ1) is 38.1. The molecule has 5 aromatic rings. The second-order valence-corrected chi connectivity index (χ2v) is 22.7. The van der Waals surface area contributed by atoms with E-state index in [2.05, 4.69) is 158 Å². The maximum Gasteiger partial charge on any atom is -0.109 e. The van der Waals surface area contributed by atoms with Crippen LogP contribution in [0.15, 0.2) is 109 Å². The Hall–Kier alpha value is -2.09. The number of benzene rings is 4. The Bertz CT molecular complexity index is 1610. The fourth-order valence-corrected chi connectivity index (χ4v) is 5.40. The van der Waals surface area contributed by atoms with Gasteiger partial charge in [0.2, 0.25) is 0 Å². The smallest absolute Gasteiger partial charge is 0.109 e. The average Bonchev–Trinajstić information content (AvgIpc) is 3.63. The second-order valence-electron chi connectivity index (χ2n) is 13.3. The maximum absolute atomic E-state index is 2.99. The minimum Gasteiger partial charge on any atom is -1.00 e. The van der Waals surface area contributed by atoms with Crippen molar-refractivity contribution in [2.75, 3.05) is 0 Å². The molecule has 1 aliphatic rings. The Morgan fingerprint density at radius 2 is 1.05 bits per heavy atom. The van der Waals surface area contributed by atoms with Gasteiger partial charge >= 0.3 is 41.9 Å². The van der Waals surface area contributed by atoms with Crippen LogP contribution < -0.4 is 24.8 Å². The van der Waals surface area contributed by atoms with Crippen LogP contribution in [0, 0.1) is 6.08 Å². The molecule has 5 aromatic carbocycles. The molecule has 0 N–H and O–H groups in total. The summed E-state index contributed by atoms with van der Waals surface area (Å²) >= 11 is 1.74. The molecule has 6 rings (SSSR count). The molecule has 0 fully saturated rings. The van der Waals surface area contributed by atoms with Crippen LogP contribution >= 0.6 is 0 Å². The van der Waals surface area contributed by atoms with E-state index in [1.165, 1.54) is 54.9 Å². The van der Waals surface area contributed by atoms with E-state index in [0.717, 1.165) is 6.42 Å². The van der Waals surface area contributed by atoms with Crippen molar-refractivity contribution in [3.8, 4) is 22.3 Å². The first-order valence-electron chi connectivity index (χ1n) is 14.9. The minimum atomic E-state index is 0. The molecule has 0 saturated carbocycles.